The second-order valence-corrected chi connectivity index (χ2v) is 15.9. The average Bonchev–Trinajstić information content (AvgIpc) is 2.99. The average molecular weight is 765 g/mol. The second-order valence-electron chi connectivity index (χ2n) is 13.3. The van der Waals surface area contributed by atoms with Crippen LogP contribution < -0.4 is 10.6 Å². The molecule has 0 aliphatic carbocycles. The lowest BCUT2D eigenvalue weighted by Gasteiger charge is -2.38. The molecule has 2 saturated heterocycles. The molecule has 22 heteroatoms. The summed E-state index contributed by atoms with van der Waals surface area (Å²) in [6.45, 7) is 8.14. The summed E-state index contributed by atoms with van der Waals surface area (Å²) in [5.74, 6) is -2.51. The van der Waals surface area contributed by atoms with Crippen molar-refractivity contribution in [3.05, 3.63) is 0 Å². The fourth-order valence-electron chi connectivity index (χ4n) is 4.14. The van der Waals surface area contributed by atoms with Crippen molar-refractivity contribution in [3.63, 3.8) is 0 Å². The van der Waals surface area contributed by atoms with Crippen LogP contribution in [0.25, 0.3) is 0 Å². The zero-order valence-electron chi connectivity index (χ0n) is 28.2. The highest BCUT2D eigenvalue weighted by Gasteiger charge is 2.45. The molecule has 12 atom stereocenters. The van der Waals surface area contributed by atoms with Gasteiger partial charge in [0.2, 0.25) is 0 Å². The molecule has 0 aromatic carbocycles. The first kappa shape index (κ1) is 43.9. The number of rotatable bonds is 13. The molecule has 0 unspecified atom stereocenters. The van der Waals surface area contributed by atoms with Crippen LogP contribution in [0.4, 0.5) is 9.59 Å². The van der Waals surface area contributed by atoms with Gasteiger partial charge in [0.1, 0.15) is 85.3 Å². The van der Waals surface area contributed by atoms with Gasteiger partial charge in [0.15, 0.2) is 12.6 Å². The summed E-state index contributed by atoms with van der Waals surface area (Å²) in [7, 11) is 1.88. The molecule has 2 fully saturated rings. The highest BCUT2D eigenvalue weighted by molar-refractivity contribution is 8.76. The van der Waals surface area contributed by atoms with E-state index in [1.54, 1.807) is 41.5 Å². The molecule has 0 saturated carbocycles. The van der Waals surface area contributed by atoms with Gasteiger partial charge in [-0.25, -0.2) is 19.2 Å². The van der Waals surface area contributed by atoms with Crippen LogP contribution in [0.1, 0.15) is 41.5 Å². The quantitative estimate of drug-likeness (QED) is 0.0383. The summed E-state index contributed by atoms with van der Waals surface area (Å²) in [5.41, 5.74) is -1.88. The molecule has 0 spiro atoms. The minimum absolute atomic E-state index is 0.213. The Morgan fingerprint density at radius 2 is 0.900 bits per heavy atom. The van der Waals surface area contributed by atoms with E-state index >= 15 is 0 Å². The van der Waals surface area contributed by atoms with Crippen molar-refractivity contribution in [2.75, 3.05) is 24.7 Å². The topological polar surface area (TPSA) is 310 Å². The van der Waals surface area contributed by atoms with Crippen LogP contribution in [0.2, 0.25) is 0 Å². The van der Waals surface area contributed by atoms with E-state index < -0.39 is 122 Å². The first-order valence-electron chi connectivity index (χ1n) is 15.3. The fourth-order valence-corrected chi connectivity index (χ4v) is 6.43. The maximum Gasteiger partial charge on any atom is 0.408 e. The molecule has 0 aromatic heterocycles. The molecule has 0 bridgehead atoms. The number of aliphatic hydroxyl groups is 8. The van der Waals surface area contributed by atoms with E-state index in [1.807, 2.05) is 0 Å². The van der Waals surface area contributed by atoms with Gasteiger partial charge in [-0.3, -0.25) is 0 Å². The summed E-state index contributed by atoms with van der Waals surface area (Å²) in [6, 6.07) is -2.79. The lowest BCUT2D eigenvalue weighted by molar-refractivity contribution is -0.287. The van der Waals surface area contributed by atoms with Crippen LogP contribution in [-0.4, -0.2) is 174 Å². The Morgan fingerprint density at radius 1 is 0.580 bits per heavy atom. The molecular weight excluding hydrogens is 716 g/mol. The molecular formula is C28H48N2O18S2. The van der Waals surface area contributed by atoms with Crippen LogP contribution in [0.3, 0.4) is 0 Å². The maximum atomic E-state index is 13.0. The molecule has 0 aromatic rings. The Balaban J connectivity index is 2.08. The molecule has 2 heterocycles. The van der Waals surface area contributed by atoms with Gasteiger partial charge < -0.3 is 79.9 Å². The van der Waals surface area contributed by atoms with Crippen molar-refractivity contribution < 1.29 is 88.5 Å². The Bertz CT molecular complexity index is 1050. The number of hydrogen-bond donors (Lipinski definition) is 10. The summed E-state index contributed by atoms with van der Waals surface area (Å²) < 4.78 is 30.7. The van der Waals surface area contributed by atoms with E-state index in [0.29, 0.717) is 0 Å². The zero-order valence-corrected chi connectivity index (χ0v) is 29.9. The van der Waals surface area contributed by atoms with Crippen LogP contribution >= 0.6 is 21.6 Å². The minimum atomic E-state index is -1.87. The standard InChI is InChI=1S/C28H48N2O18S2/c1-27(2,3)47-25(41)29-11(21(37)43-7-13-15(31)17(33)19(35)23(39)45-13)9-49-50-10-12(30-26(42)48-28(4,5)6)22(38)44-8-14-16(32)18(34)20(36)24(40)46-14/h11-20,23-24,31-36,39-40H,7-10H2,1-6H3,(H,29,41)(H,30,42)/t11-,12-,13+,14+,15+,16+,17-,18+,19-,20+,23+,24+/m1/s1. The van der Waals surface area contributed by atoms with E-state index in [2.05, 4.69) is 10.6 Å². The van der Waals surface area contributed by atoms with Crippen molar-refractivity contribution in [2.45, 2.75) is 126 Å². The number of esters is 2. The fraction of sp³-hybridized carbons (Fsp3) is 0.857. The molecule has 2 aliphatic rings. The predicted octanol–water partition coefficient (Wildman–Crippen LogP) is -3.16. The maximum absolute atomic E-state index is 13.0. The lowest BCUT2D eigenvalue weighted by Crippen LogP contribution is -2.59. The third kappa shape index (κ3) is 14.1. The smallest absolute Gasteiger partial charge is 0.408 e. The van der Waals surface area contributed by atoms with Gasteiger partial charge in [0.05, 0.1) is 0 Å². The Labute approximate surface area is 295 Å². The van der Waals surface area contributed by atoms with Gasteiger partial charge in [-0.05, 0) is 41.5 Å². The number of nitrogens with one attached hydrogen (secondary N) is 2. The second kappa shape index (κ2) is 19.0. The lowest BCUT2D eigenvalue weighted by atomic mass is 9.99. The van der Waals surface area contributed by atoms with E-state index in [-0.39, 0.29) is 11.5 Å². The third-order valence-electron chi connectivity index (χ3n) is 6.66. The molecule has 50 heavy (non-hydrogen) atoms. The summed E-state index contributed by atoms with van der Waals surface area (Å²) in [4.78, 5) is 51.0. The number of ether oxygens (including phenoxy) is 6. The number of hydrogen-bond acceptors (Lipinski definition) is 20. The Kier molecular flexibility index (Phi) is 16.7. The molecule has 290 valence electrons. The van der Waals surface area contributed by atoms with E-state index in [4.69, 9.17) is 28.4 Å². The number of amides is 2. The van der Waals surface area contributed by atoms with Crippen LogP contribution in [0.15, 0.2) is 0 Å². The summed E-state index contributed by atoms with van der Waals surface area (Å²) in [5, 5.41) is 83.5. The largest absolute Gasteiger partial charge is 0.461 e. The Hall–Kier alpha value is -2.22. The van der Waals surface area contributed by atoms with Crippen molar-refractivity contribution in [1.82, 2.24) is 10.6 Å². The van der Waals surface area contributed by atoms with Crippen molar-refractivity contribution >= 4 is 45.7 Å². The van der Waals surface area contributed by atoms with E-state index in [0.717, 1.165) is 21.6 Å². The first-order chi connectivity index (χ1) is 23.0. The third-order valence-corrected chi connectivity index (χ3v) is 9.08. The normalized spacial score (nSPS) is 31.5. The summed E-state index contributed by atoms with van der Waals surface area (Å²) >= 11 is 0. The van der Waals surface area contributed by atoms with Crippen molar-refractivity contribution in [1.29, 1.82) is 0 Å². The predicted molar refractivity (Wildman–Crippen MR) is 171 cm³/mol. The van der Waals surface area contributed by atoms with E-state index in [1.165, 1.54) is 0 Å². The highest BCUT2D eigenvalue weighted by atomic mass is 33.1. The van der Waals surface area contributed by atoms with Crippen molar-refractivity contribution in [2.24, 2.45) is 0 Å². The van der Waals surface area contributed by atoms with Crippen LogP contribution in [0, 0.1) is 0 Å². The number of carbonyl (C=O) groups is 4. The van der Waals surface area contributed by atoms with E-state index in [9.17, 15) is 60.0 Å². The Morgan fingerprint density at radius 3 is 1.20 bits per heavy atom. The number of carbonyl (C=O) groups excluding carboxylic acids is 4. The molecule has 2 aliphatic heterocycles. The van der Waals surface area contributed by atoms with Gasteiger partial charge >= 0.3 is 24.1 Å². The molecule has 2 amide bonds. The minimum Gasteiger partial charge on any atom is -0.461 e. The number of aliphatic hydroxyl groups excluding tert-OH is 8. The molecule has 0 radical (unpaired) electrons. The monoisotopic (exact) mass is 764 g/mol. The van der Waals surface area contributed by atoms with Crippen LogP contribution in [0.5, 0.6) is 0 Å². The zero-order chi connectivity index (χ0) is 38.1. The van der Waals surface area contributed by atoms with Gasteiger partial charge in [-0.2, -0.15) is 0 Å². The highest BCUT2D eigenvalue weighted by Crippen LogP contribution is 2.26. The van der Waals surface area contributed by atoms with Gasteiger partial charge in [0.25, 0.3) is 0 Å². The van der Waals surface area contributed by atoms with Crippen LogP contribution in [-0.2, 0) is 38.0 Å². The van der Waals surface area contributed by atoms with Gasteiger partial charge in [-0.15, -0.1) is 0 Å². The number of alkyl carbamates (subject to hydrolysis) is 2. The molecule has 20 nitrogen and oxygen atoms in total. The summed E-state index contributed by atoms with van der Waals surface area (Å²) in [6.07, 6.45) is -19.3. The SMILES string of the molecule is CC(C)(C)OC(=O)N[C@H](CSSC[C@@H](NC(=O)OC(C)(C)C)C(=O)OC[C@@H]1O[C@H](O)[C@@H](O)[C@@H](O)[C@H]1O)C(=O)OC[C@@H]1O[C@H](O)[C@H](O)[C@H](O)[C@H]1O. The van der Waals surface area contributed by atoms with Gasteiger partial charge in [-0.1, -0.05) is 21.6 Å². The van der Waals surface area contributed by atoms with Gasteiger partial charge in [0, 0.05) is 11.5 Å². The molecule has 2 rings (SSSR count). The van der Waals surface area contributed by atoms with Crippen molar-refractivity contribution in [3.8, 4) is 0 Å². The first-order valence-corrected chi connectivity index (χ1v) is 17.8. The molecule has 10 N–H and O–H groups in total.